The third kappa shape index (κ3) is 10.9. The molecule has 44 heavy (non-hydrogen) atoms. The fourth-order valence-corrected chi connectivity index (χ4v) is 6.88. The van der Waals surface area contributed by atoms with Gasteiger partial charge in [-0.05, 0) is 79.2 Å². The molecule has 1 N–H and O–H groups in total. The van der Waals surface area contributed by atoms with E-state index in [2.05, 4.69) is 92.1 Å². The molecule has 0 fully saturated rings. The molecule has 3 atom stereocenters. The van der Waals surface area contributed by atoms with Crippen molar-refractivity contribution in [1.82, 2.24) is 5.32 Å². The standard InChI is InChI=1S/C36H59NO5Si2/c1-13-14-24-32(38)37-25-18-22-29-26-31(42-44(11,12)36(6,7)8)27(2)19-15-16-20-28-21-17-23-30(33(28)34(39)40-29)41-43(9,10)35(3,4)5/h14-18,21,23-25,27,29,31H,13,19-20,22,26H2,1-12H3,(H,37,38)/b16-15+,24-14-,25-18+/t27-,29-,31+/m0/s1. The first-order valence-corrected chi connectivity index (χ1v) is 22.1. The number of rotatable bonds is 9. The minimum atomic E-state index is -2.23. The van der Waals surface area contributed by atoms with Crippen molar-refractivity contribution >= 4 is 28.5 Å². The molecule has 1 heterocycles. The van der Waals surface area contributed by atoms with Crippen LogP contribution in [0.4, 0.5) is 0 Å². The summed E-state index contributed by atoms with van der Waals surface area (Å²) in [6.07, 6.45) is 14.0. The minimum absolute atomic E-state index is 0.0283. The second kappa shape index (κ2) is 15.7. The number of hydrogen-bond acceptors (Lipinski definition) is 5. The topological polar surface area (TPSA) is 73.9 Å². The van der Waals surface area contributed by atoms with Crippen molar-refractivity contribution < 1.29 is 23.2 Å². The van der Waals surface area contributed by atoms with Gasteiger partial charge in [0.25, 0.3) is 8.32 Å². The Kier molecular flexibility index (Phi) is 13.5. The molecule has 1 aliphatic rings. The van der Waals surface area contributed by atoms with Crippen molar-refractivity contribution in [2.24, 2.45) is 5.92 Å². The zero-order chi connectivity index (χ0) is 33.3. The van der Waals surface area contributed by atoms with Gasteiger partial charge in [-0.1, -0.05) is 91.8 Å². The summed E-state index contributed by atoms with van der Waals surface area (Å²) in [5.74, 6) is 0.267. The largest absolute Gasteiger partial charge is 0.543 e. The first-order chi connectivity index (χ1) is 20.3. The van der Waals surface area contributed by atoms with Crippen LogP contribution in [0.15, 0.2) is 54.8 Å². The lowest BCUT2D eigenvalue weighted by molar-refractivity contribution is -0.115. The molecule has 0 aromatic heterocycles. The Morgan fingerprint density at radius 2 is 1.68 bits per heavy atom. The van der Waals surface area contributed by atoms with Crippen molar-refractivity contribution in [2.75, 3.05) is 0 Å². The monoisotopic (exact) mass is 641 g/mol. The number of allylic oxidation sites excluding steroid dienone is 3. The van der Waals surface area contributed by atoms with E-state index >= 15 is 0 Å². The van der Waals surface area contributed by atoms with Gasteiger partial charge in [-0.3, -0.25) is 4.79 Å². The van der Waals surface area contributed by atoms with Crippen LogP contribution in [0.3, 0.4) is 0 Å². The van der Waals surface area contributed by atoms with Crippen LogP contribution in [0.5, 0.6) is 5.75 Å². The Morgan fingerprint density at radius 3 is 2.30 bits per heavy atom. The van der Waals surface area contributed by atoms with E-state index in [-0.39, 0.29) is 34.0 Å². The van der Waals surface area contributed by atoms with Gasteiger partial charge in [0.05, 0.1) is 6.10 Å². The lowest BCUT2D eigenvalue weighted by atomic mass is 9.93. The third-order valence-corrected chi connectivity index (χ3v) is 18.3. The number of fused-ring (bicyclic) bond motifs is 1. The summed E-state index contributed by atoms with van der Waals surface area (Å²) in [7, 11) is -4.34. The van der Waals surface area contributed by atoms with E-state index in [1.165, 1.54) is 6.08 Å². The summed E-state index contributed by atoms with van der Waals surface area (Å²) in [6.45, 7) is 26.4. The molecule has 6 nitrogen and oxygen atoms in total. The molecular formula is C36H59NO5Si2. The van der Waals surface area contributed by atoms with Gasteiger partial charge >= 0.3 is 5.97 Å². The number of carbonyl (C=O) groups excluding carboxylic acids is 2. The van der Waals surface area contributed by atoms with Crippen LogP contribution in [0.1, 0.15) is 97.0 Å². The number of hydrogen-bond donors (Lipinski definition) is 1. The van der Waals surface area contributed by atoms with Gasteiger partial charge in [-0.25, -0.2) is 4.79 Å². The van der Waals surface area contributed by atoms with Gasteiger partial charge in [0.2, 0.25) is 5.91 Å². The van der Waals surface area contributed by atoms with Crippen LogP contribution in [0.2, 0.25) is 36.3 Å². The highest BCUT2D eigenvalue weighted by Gasteiger charge is 2.42. The normalized spacial score (nSPS) is 21.7. The Labute approximate surface area is 270 Å². The van der Waals surface area contributed by atoms with Gasteiger partial charge in [-0.15, -0.1) is 0 Å². The van der Waals surface area contributed by atoms with Crippen molar-refractivity contribution in [3.63, 3.8) is 0 Å². The number of amides is 1. The van der Waals surface area contributed by atoms with Crippen LogP contribution in [-0.2, 0) is 20.4 Å². The highest BCUT2D eigenvalue weighted by atomic mass is 28.4. The fraction of sp³-hybridized carbons (Fsp3) is 0.611. The predicted octanol–water partition coefficient (Wildman–Crippen LogP) is 9.50. The molecule has 1 aliphatic heterocycles. The van der Waals surface area contributed by atoms with Crippen LogP contribution in [-0.4, -0.2) is 40.7 Å². The molecule has 1 aromatic carbocycles. The summed E-state index contributed by atoms with van der Waals surface area (Å²) in [6, 6.07) is 5.86. The van der Waals surface area contributed by atoms with Crippen LogP contribution in [0.25, 0.3) is 0 Å². The van der Waals surface area contributed by atoms with Gasteiger partial charge in [-0.2, -0.15) is 0 Å². The average molecular weight is 642 g/mol. The van der Waals surface area contributed by atoms with Crippen molar-refractivity contribution in [1.29, 1.82) is 0 Å². The second-order valence-corrected chi connectivity index (χ2v) is 24.7. The smallest absolute Gasteiger partial charge is 0.342 e. The van der Waals surface area contributed by atoms with Crippen LogP contribution >= 0.6 is 0 Å². The molecule has 0 saturated heterocycles. The van der Waals surface area contributed by atoms with Crippen LogP contribution in [0, 0.1) is 5.92 Å². The fourth-order valence-electron chi connectivity index (χ4n) is 4.41. The maximum Gasteiger partial charge on any atom is 0.342 e. The maximum absolute atomic E-state index is 14.1. The Hall–Kier alpha value is -2.43. The predicted molar refractivity (Wildman–Crippen MR) is 188 cm³/mol. The summed E-state index contributed by atoms with van der Waals surface area (Å²) in [4.78, 5) is 26.2. The van der Waals surface area contributed by atoms with Crippen molar-refractivity contribution in [3.05, 3.63) is 65.9 Å². The number of esters is 1. The first-order valence-electron chi connectivity index (χ1n) is 16.3. The van der Waals surface area contributed by atoms with Gasteiger partial charge in [0.1, 0.15) is 17.4 Å². The van der Waals surface area contributed by atoms with E-state index < -0.39 is 22.7 Å². The molecule has 0 aliphatic carbocycles. The molecule has 0 spiro atoms. The number of cyclic esters (lactones) is 1. The number of nitrogens with one attached hydrogen (secondary N) is 1. The zero-order valence-electron chi connectivity index (χ0n) is 29.5. The summed E-state index contributed by atoms with van der Waals surface area (Å²) >= 11 is 0. The molecule has 0 unspecified atom stereocenters. The van der Waals surface area contributed by atoms with Crippen LogP contribution < -0.4 is 9.74 Å². The molecule has 246 valence electrons. The second-order valence-electron chi connectivity index (χ2n) is 15.2. The van der Waals surface area contributed by atoms with E-state index in [0.29, 0.717) is 30.6 Å². The summed E-state index contributed by atoms with van der Waals surface area (Å²) < 4.78 is 20.1. The quantitative estimate of drug-likeness (QED) is 0.126. The Bertz CT molecular complexity index is 1200. The molecule has 0 saturated carbocycles. The molecule has 8 heteroatoms. The van der Waals surface area contributed by atoms with Gasteiger partial charge in [0.15, 0.2) is 8.32 Å². The highest BCUT2D eigenvalue weighted by Crippen LogP contribution is 2.41. The van der Waals surface area contributed by atoms with Gasteiger partial charge in [0, 0.05) is 19.0 Å². The number of benzene rings is 1. The molecule has 2 rings (SSSR count). The Morgan fingerprint density at radius 1 is 1.02 bits per heavy atom. The van der Waals surface area contributed by atoms with Crippen molar-refractivity contribution in [2.45, 2.75) is 136 Å². The highest BCUT2D eigenvalue weighted by molar-refractivity contribution is 6.75. The maximum atomic E-state index is 14.1. The lowest BCUT2D eigenvalue weighted by Crippen LogP contribution is -2.46. The van der Waals surface area contributed by atoms with Gasteiger partial charge < -0.3 is 18.9 Å². The SMILES string of the molecule is CC/C=C\C(=O)N/C=C/C[C@H]1C[C@@H](O[Si](C)(C)C(C)(C)C)[C@@H](C)C/C=C/Cc2cccc(O[Si](C)(C)C(C)(C)C)c2C(=O)O1. The van der Waals surface area contributed by atoms with E-state index in [4.69, 9.17) is 13.6 Å². The summed E-state index contributed by atoms with van der Waals surface area (Å²) in [5.41, 5.74) is 1.40. The average Bonchev–Trinajstić information content (AvgIpc) is 2.89. The molecule has 1 aromatic rings. The van der Waals surface area contributed by atoms with E-state index in [1.807, 2.05) is 37.3 Å². The number of carbonyl (C=O) groups is 2. The molecule has 1 amide bonds. The minimum Gasteiger partial charge on any atom is -0.543 e. The third-order valence-electron chi connectivity index (χ3n) is 9.40. The Balaban J connectivity index is 2.53. The summed E-state index contributed by atoms with van der Waals surface area (Å²) in [5, 5.41) is 2.80. The molecule has 0 bridgehead atoms. The lowest BCUT2D eigenvalue weighted by Gasteiger charge is -2.41. The number of ether oxygens (including phenoxy) is 1. The van der Waals surface area contributed by atoms with E-state index in [9.17, 15) is 9.59 Å². The molecular weight excluding hydrogens is 583 g/mol. The molecule has 0 radical (unpaired) electrons. The van der Waals surface area contributed by atoms with E-state index in [1.54, 1.807) is 6.20 Å². The van der Waals surface area contributed by atoms with Crippen molar-refractivity contribution in [3.8, 4) is 5.75 Å². The van der Waals surface area contributed by atoms with E-state index in [0.717, 1.165) is 18.4 Å². The first kappa shape index (κ1) is 37.8. The zero-order valence-corrected chi connectivity index (χ0v) is 31.5.